The molecule has 0 aliphatic heterocycles. The van der Waals surface area contributed by atoms with Crippen LogP contribution in [0.5, 0.6) is 23.0 Å². The van der Waals surface area contributed by atoms with Gasteiger partial charge < -0.3 is 23.7 Å². The summed E-state index contributed by atoms with van der Waals surface area (Å²) < 4.78 is 21.7. The van der Waals surface area contributed by atoms with Crippen LogP contribution in [-0.2, 0) is 37.8 Å². The molecule has 1 N–H and O–H groups in total. The molecule has 464 valence electrons. The molecule has 8 aromatic carbocycles. The monoisotopic (exact) mass is 1730 g/mol. The second-order valence-corrected chi connectivity index (χ2v) is 41.4. The van der Waals surface area contributed by atoms with Crippen molar-refractivity contribution in [2.45, 2.75) is 34.6 Å². The second-order valence-electron chi connectivity index (χ2n) is 21.7. The smallest absolute Gasteiger partial charge is 2.00 e. The maximum atomic E-state index is 9.00. The predicted molar refractivity (Wildman–Crippen MR) is 379 cm³/mol. The molecule has 0 aliphatic rings. The van der Waals surface area contributed by atoms with Crippen LogP contribution >= 0.6 is 37.7 Å². The van der Waals surface area contributed by atoms with Gasteiger partial charge in [-0.15, -0.1) is 35.0 Å². The van der Waals surface area contributed by atoms with Gasteiger partial charge in [0.2, 0.25) is 0 Å². The average Bonchev–Trinajstić information content (AvgIpc) is 1.62. The Balaban J connectivity index is 0.000000165. The first-order valence-electron chi connectivity index (χ1n) is 29.7. The molecular formula is C74H54Cl4K2N8O4Pt2. The molecule has 8 aromatic heterocycles. The first-order chi connectivity index (χ1) is 45.0. The standard InChI is InChI=1S/C36H26N4O.C36H24N4O.C2H4O2.4ClH.2K.2Pt/c2*1-23-15-17-37-35(19-23)39-31-9-5-3-7-27(31)29-13-11-25(21-33(29)39)41-26-12-14-30-28-8-4-6-10-32(28)40(34(30)22-26)36-20-24(2)16-18-38-36;1-2(3)4;;;;;;;;/h3-22H,1-2H3;3-20H,1-2H3;1H3,(H,3,4);4*1H;;;;/q;-2;;;;;;;;+2;+4/p-4. The Hall–Kier alpha value is -5.56. The van der Waals surface area contributed by atoms with Gasteiger partial charge in [-0.25, -0.2) is 19.9 Å². The van der Waals surface area contributed by atoms with E-state index < -0.39 is 17.9 Å². The number of para-hydroxylation sites is 4. The Labute approximate surface area is 621 Å². The summed E-state index contributed by atoms with van der Waals surface area (Å²) in [5.41, 5.74) is 13.0. The molecule has 8 heterocycles. The Morgan fingerprint density at radius 3 is 0.979 bits per heavy atom. The normalized spacial score (nSPS) is 11.3. The van der Waals surface area contributed by atoms with Gasteiger partial charge in [-0.1, -0.05) is 83.8 Å². The molecule has 0 radical (unpaired) electrons. The summed E-state index contributed by atoms with van der Waals surface area (Å²) in [6, 6.07) is 78.0. The van der Waals surface area contributed by atoms with Gasteiger partial charge in [-0.2, -0.15) is 12.1 Å². The number of fused-ring (bicyclic) bond motifs is 12. The zero-order valence-electron chi connectivity index (χ0n) is 51.8. The van der Waals surface area contributed by atoms with E-state index in [2.05, 4.69) is 226 Å². The maximum Gasteiger partial charge on any atom is 2.00 e. The van der Waals surface area contributed by atoms with Gasteiger partial charge in [0.1, 0.15) is 34.8 Å². The Bertz CT molecular complexity index is 4820. The molecule has 0 amide bonds. The number of carbonyl (C=O) groups is 1. The third kappa shape index (κ3) is 15.4. The number of aromatic nitrogens is 8. The Morgan fingerprint density at radius 2 is 0.660 bits per heavy atom. The Kier molecular flexibility index (Phi) is 22.9. The van der Waals surface area contributed by atoms with Crippen molar-refractivity contribution < 1.29 is 52.3 Å². The summed E-state index contributed by atoms with van der Waals surface area (Å²) in [5.74, 6) is 5.42. The molecule has 20 heteroatoms. The summed E-state index contributed by atoms with van der Waals surface area (Å²) in [4.78, 5) is 27.8. The van der Waals surface area contributed by atoms with Gasteiger partial charge in [0.25, 0.3) is 5.97 Å². The van der Waals surface area contributed by atoms with Crippen LogP contribution in [0, 0.1) is 39.8 Å². The fourth-order valence-electron chi connectivity index (χ4n) is 11.7. The van der Waals surface area contributed by atoms with Crippen LogP contribution in [-0.4, -0.2) is 112 Å². The van der Waals surface area contributed by atoms with Crippen LogP contribution in [0.2, 0.25) is 0 Å². The third-order valence-corrected chi connectivity index (χ3v) is 15.4. The number of halogens is 4. The van der Waals surface area contributed by atoms with E-state index in [-0.39, 0.29) is 21.1 Å². The quantitative estimate of drug-likeness (QED) is 0.118. The third-order valence-electron chi connectivity index (χ3n) is 15.4. The summed E-state index contributed by atoms with van der Waals surface area (Å²) in [7, 11) is 20.0. The molecule has 0 unspecified atom stereocenters. The minimum absolute atomic E-state index is 0. The number of hydrogen-bond donors (Lipinski definition) is 1. The van der Waals surface area contributed by atoms with Gasteiger partial charge in [0.05, 0.1) is 22.1 Å². The van der Waals surface area contributed by atoms with Crippen molar-refractivity contribution in [2.75, 3.05) is 0 Å². The summed E-state index contributed by atoms with van der Waals surface area (Å²) in [6.45, 7) is 9.42. The fraction of sp³-hybridized carbons (Fsp3) is 0.0676. The molecule has 16 rings (SSSR count). The van der Waals surface area contributed by atoms with Crippen molar-refractivity contribution in [3.05, 3.63) is 265 Å². The molecule has 16 aromatic rings. The molecule has 0 bridgehead atoms. The van der Waals surface area contributed by atoms with Crippen molar-refractivity contribution in [1.82, 2.24) is 38.2 Å². The number of carboxylic acid groups (broad SMARTS) is 1. The molecule has 0 atom stereocenters. The summed E-state index contributed by atoms with van der Waals surface area (Å²) in [5, 5.41) is 16.6. The summed E-state index contributed by atoms with van der Waals surface area (Å²) in [6.07, 6.45) is 7.42. The zero-order valence-corrected chi connectivity index (χ0v) is 65.6. The largest absolute Gasteiger partial charge is 2.00 e. The number of aryl methyl sites for hydroxylation is 4. The van der Waals surface area contributed by atoms with E-state index in [1.54, 1.807) is 0 Å². The van der Waals surface area contributed by atoms with E-state index in [1.807, 2.05) is 73.3 Å². The number of benzene rings is 8. The molecule has 0 fully saturated rings. The summed E-state index contributed by atoms with van der Waals surface area (Å²) >= 11 is -0.556. The van der Waals surface area contributed by atoms with E-state index in [4.69, 9.17) is 67.0 Å². The van der Waals surface area contributed by atoms with Crippen LogP contribution in [0.4, 0.5) is 0 Å². The SMILES string of the molecule is CC(=O)O.Cc1ccnc(-n2c3[c-]c(Oc4[c-]c5c(cc4)c4ccccc4n5-c4cc(C)ccn4)ccc3c3ccccc32)c1.Cc1ccnc(-n2c3ccccc3c3ccc(Oc4ccc5c6ccccc6n(-c6cc(C)ccn6)c5c4)cc32)c1.[Cl][Pt]([Cl])([Cl])[Cl].[K][K].[Pt+2]. The zero-order chi connectivity index (χ0) is 65.1. The minimum atomic E-state index is -3.06. The molecule has 0 saturated carbocycles. The minimum Gasteiger partial charge on any atom is 2.00 e. The fourth-order valence-corrected chi connectivity index (χ4v) is 11.7. The van der Waals surface area contributed by atoms with Gasteiger partial charge in [0.15, 0.2) is 0 Å². The number of aliphatic carboxylic acids is 1. The Morgan fingerprint density at radius 1 is 0.394 bits per heavy atom. The average molecular weight is 1730 g/mol. The van der Waals surface area contributed by atoms with Crippen molar-refractivity contribution in [2.24, 2.45) is 0 Å². The number of ether oxygens (including phenoxy) is 2. The van der Waals surface area contributed by atoms with Crippen LogP contribution in [0.1, 0.15) is 29.2 Å². The molecule has 0 spiro atoms. The van der Waals surface area contributed by atoms with Crippen LogP contribution in [0.15, 0.2) is 231 Å². The van der Waals surface area contributed by atoms with Gasteiger partial charge >= 0.3 is 134 Å². The van der Waals surface area contributed by atoms with Crippen LogP contribution in [0.3, 0.4) is 0 Å². The molecule has 94 heavy (non-hydrogen) atoms. The molecule has 0 aliphatic carbocycles. The van der Waals surface area contributed by atoms with Crippen LogP contribution in [0.25, 0.3) is 110 Å². The van der Waals surface area contributed by atoms with Gasteiger partial charge in [0, 0.05) is 87.9 Å². The van der Waals surface area contributed by atoms with Crippen molar-refractivity contribution in [1.29, 1.82) is 0 Å². The number of rotatable bonds is 8. The number of pyridine rings is 4. The van der Waals surface area contributed by atoms with E-state index in [0.717, 1.165) is 129 Å². The molecule has 12 nitrogen and oxygen atoms in total. The molecule has 0 saturated heterocycles. The van der Waals surface area contributed by atoms with E-state index in [0.29, 0.717) is 11.5 Å². The van der Waals surface area contributed by atoms with Crippen molar-refractivity contribution in [3.63, 3.8) is 0 Å². The van der Waals surface area contributed by atoms with Gasteiger partial charge in [-0.05, 0) is 158 Å². The first-order valence-corrected chi connectivity index (χ1v) is 57.0. The first kappa shape index (κ1) is 69.8. The van der Waals surface area contributed by atoms with E-state index in [9.17, 15) is 0 Å². The second kappa shape index (κ2) is 30.9. The maximum absolute atomic E-state index is 9.00. The number of hydrogen-bond acceptors (Lipinski definition) is 7. The van der Waals surface area contributed by atoms with Crippen LogP contribution < -0.4 is 9.47 Å². The number of nitrogens with zero attached hydrogens (tertiary/aromatic N) is 8. The number of carboxylic acids is 1. The molecular weight excluding hydrogens is 1680 g/mol. The van der Waals surface area contributed by atoms with Crippen molar-refractivity contribution >= 4 is 194 Å². The topological polar surface area (TPSA) is 127 Å². The van der Waals surface area contributed by atoms with Gasteiger partial charge in [-0.3, -0.25) is 13.9 Å². The predicted octanol–water partition coefficient (Wildman–Crippen LogP) is 19.8. The van der Waals surface area contributed by atoms with E-state index in [1.165, 1.54) is 85.1 Å². The van der Waals surface area contributed by atoms with Crippen molar-refractivity contribution in [3.8, 4) is 46.3 Å². The van der Waals surface area contributed by atoms with E-state index >= 15 is 0 Å².